The van der Waals surface area contributed by atoms with E-state index in [9.17, 15) is 4.79 Å². The molecule has 2 saturated heterocycles. The molecular formula is C18H31Cl2N5O. The van der Waals surface area contributed by atoms with Crippen molar-refractivity contribution < 1.29 is 4.79 Å². The second kappa shape index (κ2) is 11.6. The molecule has 3 rings (SSSR count). The van der Waals surface area contributed by atoms with Crippen molar-refractivity contribution in [2.24, 2.45) is 5.73 Å². The van der Waals surface area contributed by atoms with E-state index in [0.717, 1.165) is 57.9 Å². The quantitative estimate of drug-likeness (QED) is 0.811. The summed E-state index contributed by atoms with van der Waals surface area (Å²) < 4.78 is 0. The number of piperazine rings is 1. The molecule has 2 N–H and O–H groups in total. The van der Waals surface area contributed by atoms with Crippen molar-refractivity contribution in [2.75, 3.05) is 50.7 Å². The number of likely N-dealkylation sites (tertiary alicyclic amines) is 1. The number of rotatable bonds is 5. The van der Waals surface area contributed by atoms with Crippen LogP contribution in [0.2, 0.25) is 0 Å². The molecule has 1 atom stereocenters. The molecule has 6 nitrogen and oxygen atoms in total. The zero-order chi connectivity index (χ0) is 16.8. The highest BCUT2D eigenvalue weighted by Gasteiger charge is 2.26. The van der Waals surface area contributed by atoms with Crippen LogP contribution in [-0.2, 0) is 4.79 Å². The number of hydrogen-bond acceptors (Lipinski definition) is 5. The smallest absolute Gasteiger partial charge is 0.224 e. The standard InChI is InChI=1S/C18H29N5O.2ClH/c19-15-16-5-2-4-9-23(16)18(24)7-10-21-11-13-22(14-12-21)17-6-1-3-8-20-17;;/h1,3,6,8,16H,2,4-5,7,9-15,19H2;2*1H. The number of pyridine rings is 1. The number of nitrogens with two attached hydrogens (primary N) is 1. The number of halogens is 2. The molecule has 0 radical (unpaired) electrons. The molecule has 1 aromatic heterocycles. The Morgan fingerprint density at radius 2 is 1.88 bits per heavy atom. The van der Waals surface area contributed by atoms with Crippen LogP contribution < -0.4 is 10.6 Å². The van der Waals surface area contributed by atoms with E-state index in [4.69, 9.17) is 5.73 Å². The van der Waals surface area contributed by atoms with E-state index in [-0.39, 0.29) is 36.8 Å². The highest BCUT2D eigenvalue weighted by molar-refractivity contribution is 5.85. The van der Waals surface area contributed by atoms with Crippen LogP contribution in [0.15, 0.2) is 24.4 Å². The summed E-state index contributed by atoms with van der Waals surface area (Å²) in [5.41, 5.74) is 5.83. The minimum Gasteiger partial charge on any atom is -0.354 e. The molecule has 0 spiro atoms. The highest BCUT2D eigenvalue weighted by Crippen LogP contribution is 2.18. The van der Waals surface area contributed by atoms with Crippen LogP contribution in [-0.4, -0.2) is 72.5 Å². The molecule has 148 valence electrons. The molecule has 26 heavy (non-hydrogen) atoms. The van der Waals surface area contributed by atoms with Crippen LogP contribution in [0.5, 0.6) is 0 Å². The maximum absolute atomic E-state index is 12.5. The van der Waals surface area contributed by atoms with E-state index in [1.54, 1.807) is 0 Å². The zero-order valence-corrected chi connectivity index (χ0v) is 16.9. The van der Waals surface area contributed by atoms with Gasteiger partial charge in [0.1, 0.15) is 5.82 Å². The molecule has 8 heteroatoms. The lowest BCUT2D eigenvalue weighted by atomic mass is 10.0. The van der Waals surface area contributed by atoms with Crippen molar-refractivity contribution in [2.45, 2.75) is 31.7 Å². The van der Waals surface area contributed by atoms with E-state index >= 15 is 0 Å². The summed E-state index contributed by atoms with van der Waals surface area (Å²) in [7, 11) is 0. The fourth-order valence-corrected chi connectivity index (χ4v) is 3.71. The predicted molar refractivity (Wildman–Crippen MR) is 110 cm³/mol. The van der Waals surface area contributed by atoms with Crippen LogP contribution >= 0.6 is 24.8 Å². The van der Waals surface area contributed by atoms with E-state index in [1.807, 2.05) is 23.2 Å². The van der Waals surface area contributed by atoms with E-state index < -0.39 is 0 Å². The van der Waals surface area contributed by atoms with Crippen LogP contribution in [0.4, 0.5) is 5.82 Å². The normalized spacial score (nSPS) is 20.9. The van der Waals surface area contributed by atoms with E-state index in [2.05, 4.69) is 20.9 Å². The Kier molecular flexibility index (Phi) is 10.2. The van der Waals surface area contributed by atoms with Gasteiger partial charge in [-0.15, -0.1) is 24.8 Å². The molecule has 2 aliphatic rings. The average Bonchev–Trinajstić information content (AvgIpc) is 2.67. The lowest BCUT2D eigenvalue weighted by molar-refractivity contribution is -0.135. The number of carbonyl (C=O) groups is 1. The van der Waals surface area contributed by atoms with Gasteiger partial charge < -0.3 is 15.5 Å². The maximum atomic E-state index is 12.5. The molecule has 3 heterocycles. The summed E-state index contributed by atoms with van der Waals surface area (Å²) in [6.07, 6.45) is 5.82. The van der Waals surface area contributed by atoms with Gasteiger partial charge >= 0.3 is 0 Å². The van der Waals surface area contributed by atoms with E-state index in [1.165, 1.54) is 6.42 Å². The first kappa shape index (κ1) is 23.0. The predicted octanol–water partition coefficient (Wildman–Crippen LogP) is 1.78. The summed E-state index contributed by atoms with van der Waals surface area (Å²) in [5.74, 6) is 1.32. The van der Waals surface area contributed by atoms with Gasteiger partial charge in [-0.2, -0.15) is 0 Å². The van der Waals surface area contributed by atoms with Gasteiger partial charge in [0.25, 0.3) is 0 Å². The second-order valence-corrected chi connectivity index (χ2v) is 6.74. The van der Waals surface area contributed by atoms with Crippen molar-refractivity contribution >= 4 is 36.5 Å². The molecule has 1 aromatic rings. The Morgan fingerprint density at radius 1 is 1.12 bits per heavy atom. The Hall–Kier alpha value is -1.08. The number of aromatic nitrogens is 1. The van der Waals surface area contributed by atoms with Gasteiger partial charge in [0, 0.05) is 64.5 Å². The monoisotopic (exact) mass is 403 g/mol. The van der Waals surface area contributed by atoms with Crippen molar-refractivity contribution in [1.29, 1.82) is 0 Å². The fourth-order valence-electron chi connectivity index (χ4n) is 3.71. The Balaban J connectivity index is 0.00000169. The molecule has 1 unspecified atom stereocenters. The van der Waals surface area contributed by atoms with Gasteiger partial charge in [0.2, 0.25) is 5.91 Å². The summed E-state index contributed by atoms with van der Waals surface area (Å²) >= 11 is 0. The van der Waals surface area contributed by atoms with Gasteiger partial charge in [0.05, 0.1) is 0 Å². The van der Waals surface area contributed by atoms with Crippen molar-refractivity contribution in [1.82, 2.24) is 14.8 Å². The number of anilines is 1. The van der Waals surface area contributed by atoms with Crippen molar-refractivity contribution in [3.63, 3.8) is 0 Å². The fraction of sp³-hybridized carbons (Fsp3) is 0.667. The SMILES string of the molecule is Cl.Cl.NCC1CCCCN1C(=O)CCN1CCN(c2ccccn2)CC1. The van der Waals surface area contributed by atoms with Crippen LogP contribution in [0.3, 0.4) is 0 Å². The summed E-state index contributed by atoms with van der Waals surface area (Å²) in [6.45, 7) is 6.25. The first-order valence-corrected chi connectivity index (χ1v) is 9.16. The van der Waals surface area contributed by atoms with Crippen LogP contribution in [0, 0.1) is 0 Å². The number of piperidine rings is 1. The highest BCUT2D eigenvalue weighted by atomic mass is 35.5. The number of carbonyl (C=O) groups excluding carboxylic acids is 1. The third-order valence-corrected chi connectivity index (χ3v) is 5.21. The molecular weight excluding hydrogens is 373 g/mol. The zero-order valence-electron chi connectivity index (χ0n) is 15.3. The second-order valence-electron chi connectivity index (χ2n) is 6.74. The lowest BCUT2D eigenvalue weighted by Crippen LogP contribution is -2.50. The van der Waals surface area contributed by atoms with Crippen LogP contribution in [0.1, 0.15) is 25.7 Å². The number of nitrogens with zero attached hydrogens (tertiary/aromatic N) is 4. The first-order chi connectivity index (χ1) is 11.8. The Bertz CT molecular complexity index is 526. The molecule has 1 amide bonds. The molecule has 0 aliphatic carbocycles. The molecule has 0 aromatic carbocycles. The third kappa shape index (κ3) is 5.98. The van der Waals surface area contributed by atoms with E-state index in [0.29, 0.717) is 13.0 Å². The van der Waals surface area contributed by atoms with Gasteiger partial charge in [-0.1, -0.05) is 6.07 Å². The van der Waals surface area contributed by atoms with Gasteiger partial charge in [-0.05, 0) is 31.4 Å². The summed E-state index contributed by atoms with van der Waals surface area (Å²) in [5, 5.41) is 0. The molecule has 0 saturated carbocycles. The summed E-state index contributed by atoms with van der Waals surface area (Å²) in [4.78, 5) is 23.7. The lowest BCUT2D eigenvalue weighted by Gasteiger charge is -2.37. The maximum Gasteiger partial charge on any atom is 0.224 e. The van der Waals surface area contributed by atoms with Gasteiger partial charge in [-0.3, -0.25) is 9.69 Å². The van der Waals surface area contributed by atoms with Gasteiger partial charge in [-0.25, -0.2) is 4.98 Å². The number of amides is 1. The first-order valence-electron chi connectivity index (χ1n) is 9.16. The van der Waals surface area contributed by atoms with Crippen molar-refractivity contribution in [3.8, 4) is 0 Å². The minimum absolute atomic E-state index is 0. The van der Waals surface area contributed by atoms with Gasteiger partial charge in [0.15, 0.2) is 0 Å². The molecule has 0 bridgehead atoms. The largest absolute Gasteiger partial charge is 0.354 e. The Labute approximate surface area is 168 Å². The minimum atomic E-state index is 0. The van der Waals surface area contributed by atoms with Crippen LogP contribution in [0.25, 0.3) is 0 Å². The molecule has 2 aliphatic heterocycles. The average molecular weight is 404 g/mol. The third-order valence-electron chi connectivity index (χ3n) is 5.21. The van der Waals surface area contributed by atoms with Crippen molar-refractivity contribution in [3.05, 3.63) is 24.4 Å². The molecule has 2 fully saturated rings. The topological polar surface area (TPSA) is 65.7 Å². The number of hydrogen-bond donors (Lipinski definition) is 1. The Morgan fingerprint density at radius 3 is 2.54 bits per heavy atom. The summed E-state index contributed by atoms with van der Waals surface area (Å²) in [6, 6.07) is 6.29.